The summed E-state index contributed by atoms with van der Waals surface area (Å²) in [5.41, 5.74) is 0. The summed E-state index contributed by atoms with van der Waals surface area (Å²) in [6, 6.07) is 7.45. The summed E-state index contributed by atoms with van der Waals surface area (Å²) in [5, 5.41) is 0.492. The van der Waals surface area contributed by atoms with Crippen LogP contribution in [0.4, 0.5) is 0 Å². The Morgan fingerprint density at radius 2 is 1.72 bits per heavy atom. The molecule has 0 saturated heterocycles. The van der Waals surface area contributed by atoms with Gasteiger partial charge < -0.3 is 5.32 Å². The predicted molar refractivity (Wildman–Crippen MR) is 71.5 cm³/mol. The third-order valence-electron chi connectivity index (χ3n) is 2.01. The number of alkyl halides is 3. The minimum Gasteiger partial charge on any atom is -0.336 e. The molecule has 0 radical (unpaired) electrons. The minimum absolute atomic E-state index is 0.0323. The van der Waals surface area contributed by atoms with Crippen molar-refractivity contribution >= 4 is 50.5 Å². The molecule has 4 nitrogen and oxygen atoms in total. The second-order valence-corrected chi connectivity index (χ2v) is 7.88. The molecule has 8 heteroatoms. The van der Waals surface area contributed by atoms with Gasteiger partial charge in [-0.15, -0.1) is 0 Å². The van der Waals surface area contributed by atoms with Crippen molar-refractivity contribution in [3.05, 3.63) is 30.3 Å². The molecule has 1 aromatic carbocycles. The van der Waals surface area contributed by atoms with Gasteiger partial charge in [-0.1, -0.05) is 53.0 Å². The number of sulfone groups is 1. The van der Waals surface area contributed by atoms with Gasteiger partial charge in [0, 0.05) is 6.92 Å². The highest BCUT2D eigenvalue weighted by Crippen LogP contribution is 2.35. The van der Waals surface area contributed by atoms with E-state index in [9.17, 15) is 13.2 Å². The Kier molecular flexibility index (Phi) is 4.89. The van der Waals surface area contributed by atoms with E-state index in [2.05, 4.69) is 5.32 Å². The van der Waals surface area contributed by atoms with Crippen molar-refractivity contribution in [1.29, 1.82) is 0 Å². The lowest BCUT2D eigenvalue weighted by Crippen LogP contribution is -2.48. The molecular weight excluding hydrogens is 321 g/mol. The maximum absolute atomic E-state index is 12.2. The molecule has 0 aliphatic heterocycles. The van der Waals surface area contributed by atoms with Crippen LogP contribution in [0, 0.1) is 0 Å². The van der Waals surface area contributed by atoms with E-state index in [4.69, 9.17) is 34.8 Å². The quantitative estimate of drug-likeness (QED) is 0.865. The fourth-order valence-electron chi connectivity index (χ4n) is 1.27. The molecule has 0 unspecified atom stereocenters. The maximum atomic E-state index is 12.2. The maximum Gasteiger partial charge on any atom is 0.225 e. The standard InChI is InChI=1S/C10H10Cl3NO3S/c1-7(15)14-9(10(11,12)13)18(16,17)8-5-3-2-4-6-8/h2-6,9H,1H3,(H,14,15)/t9-/m0/s1. The molecule has 18 heavy (non-hydrogen) atoms. The number of benzene rings is 1. The van der Waals surface area contributed by atoms with E-state index in [1.165, 1.54) is 24.3 Å². The number of hydrogen-bond donors (Lipinski definition) is 1. The van der Waals surface area contributed by atoms with E-state index < -0.39 is 24.9 Å². The average Bonchev–Trinajstić information content (AvgIpc) is 2.25. The lowest BCUT2D eigenvalue weighted by atomic mass is 10.4. The highest BCUT2D eigenvalue weighted by atomic mass is 35.6. The molecule has 0 aliphatic rings. The number of carbonyl (C=O) groups excluding carboxylic acids is 1. The first-order chi connectivity index (χ1) is 8.15. The fourth-order valence-corrected chi connectivity index (χ4v) is 3.97. The van der Waals surface area contributed by atoms with Crippen molar-refractivity contribution in [2.24, 2.45) is 0 Å². The SMILES string of the molecule is CC(=O)N[C@H](C(Cl)(Cl)Cl)S(=O)(=O)c1ccccc1. The van der Waals surface area contributed by atoms with Crippen LogP contribution in [0.25, 0.3) is 0 Å². The van der Waals surface area contributed by atoms with Crippen molar-refractivity contribution in [3.63, 3.8) is 0 Å². The van der Waals surface area contributed by atoms with Crippen molar-refractivity contribution in [1.82, 2.24) is 5.32 Å². The number of hydrogen-bond acceptors (Lipinski definition) is 3. The summed E-state index contributed by atoms with van der Waals surface area (Å²) in [6.07, 6.45) is 0. The van der Waals surface area contributed by atoms with Gasteiger partial charge in [0.15, 0.2) is 5.37 Å². The zero-order chi connectivity index (χ0) is 14.0. The lowest BCUT2D eigenvalue weighted by molar-refractivity contribution is -0.119. The van der Waals surface area contributed by atoms with Crippen molar-refractivity contribution in [2.75, 3.05) is 0 Å². The summed E-state index contributed by atoms with van der Waals surface area (Å²) in [7, 11) is -3.98. The smallest absolute Gasteiger partial charge is 0.225 e. The highest BCUT2D eigenvalue weighted by molar-refractivity contribution is 7.92. The first-order valence-corrected chi connectivity index (χ1v) is 7.46. The van der Waals surface area contributed by atoms with Gasteiger partial charge >= 0.3 is 0 Å². The van der Waals surface area contributed by atoms with Crippen LogP contribution in [-0.2, 0) is 14.6 Å². The summed E-state index contributed by atoms with van der Waals surface area (Å²) < 4.78 is 22.3. The average molecular weight is 331 g/mol. The van der Waals surface area contributed by atoms with Gasteiger partial charge in [0.25, 0.3) is 0 Å². The van der Waals surface area contributed by atoms with E-state index in [1.807, 2.05) is 0 Å². The van der Waals surface area contributed by atoms with Gasteiger partial charge in [0.2, 0.25) is 19.5 Å². The Morgan fingerprint density at radius 3 is 2.11 bits per heavy atom. The van der Waals surface area contributed by atoms with Crippen LogP contribution < -0.4 is 5.32 Å². The number of halogens is 3. The van der Waals surface area contributed by atoms with Crippen LogP contribution in [0.1, 0.15) is 6.92 Å². The minimum atomic E-state index is -3.98. The van der Waals surface area contributed by atoms with Crippen LogP contribution in [0.3, 0.4) is 0 Å². The van der Waals surface area contributed by atoms with Gasteiger partial charge in [-0.2, -0.15) is 0 Å². The van der Waals surface area contributed by atoms with E-state index >= 15 is 0 Å². The Labute approximate surface area is 120 Å². The van der Waals surface area contributed by atoms with Crippen LogP contribution in [0.2, 0.25) is 0 Å². The second kappa shape index (κ2) is 5.65. The molecule has 0 fully saturated rings. The first kappa shape index (κ1) is 15.6. The summed E-state index contributed by atoms with van der Waals surface area (Å²) in [5.74, 6) is -0.606. The Balaban J connectivity index is 3.25. The molecule has 100 valence electrons. The summed E-state index contributed by atoms with van der Waals surface area (Å²) in [6.45, 7) is 1.14. The molecule has 0 aromatic heterocycles. The van der Waals surface area contributed by atoms with E-state index in [-0.39, 0.29) is 4.90 Å². The molecule has 1 N–H and O–H groups in total. The predicted octanol–water partition coefficient (Wildman–Crippen LogP) is 2.29. The lowest BCUT2D eigenvalue weighted by Gasteiger charge is -2.24. The molecule has 1 amide bonds. The largest absolute Gasteiger partial charge is 0.336 e. The van der Waals surface area contributed by atoms with E-state index in [1.54, 1.807) is 6.07 Å². The molecule has 1 atom stereocenters. The topological polar surface area (TPSA) is 63.2 Å². The monoisotopic (exact) mass is 329 g/mol. The van der Waals surface area contributed by atoms with Crippen molar-refractivity contribution < 1.29 is 13.2 Å². The molecule has 0 heterocycles. The van der Waals surface area contributed by atoms with Gasteiger partial charge in [0.1, 0.15) is 0 Å². The van der Waals surface area contributed by atoms with Crippen molar-refractivity contribution in [2.45, 2.75) is 21.0 Å². The third kappa shape index (κ3) is 3.75. The van der Waals surface area contributed by atoms with Gasteiger partial charge in [-0.3, -0.25) is 4.79 Å². The Hall–Kier alpha value is -0.490. The summed E-state index contributed by atoms with van der Waals surface area (Å²) in [4.78, 5) is 11.0. The van der Waals surface area contributed by atoms with Crippen LogP contribution >= 0.6 is 34.8 Å². The number of rotatable bonds is 3. The van der Waals surface area contributed by atoms with E-state index in [0.29, 0.717) is 0 Å². The number of carbonyl (C=O) groups is 1. The van der Waals surface area contributed by atoms with Crippen LogP contribution in [-0.4, -0.2) is 23.5 Å². The van der Waals surface area contributed by atoms with E-state index in [0.717, 1.165) is 6.92 Å². The molecular formula is C10H10Cl3NO3S. The van der Waals surface area contributed by atoms with Crippen LogP contribution in [0.15, 0.2) is 35.2 Å². The Morgan fingerprint density at radius 1 is 1.22 bits per heavy atom. The molecule has 0 aliphatic carbocycles. The number of amides is 1. The third-order valence-corrected chi connectivity index (χ3v) is 5.08. The van der Waals surface area contributed by atoms with Crippen molar-refractivity contribution in [3.8, 4) is 0 Å². The molecule has 0 bridgehead atoms. The zero-order valence-corrected chi connectivity index (χ0v) is 12.3. The van der Waals surface area contributed by atoms with Gasteiger partial charge in [-0.05, 0) is 12.1 Å². The van der Waals surface area contributed by atoms with Crippen LogP contribution in [0.5, 0.6) is 0 Å². The fraction of sp³-hybridized carbons (Fsp3) is 0.300. The molecule has 1 rings (SSSR count). The highest BCUT2D eigenvalue weighted by Gasteiger charge is 2.44. The van der Waals surface area contributed by atoms with Gasteiger partial charge in [0.05, 0.1) is 4.90 Å². The molecule has 1 aromatic rings. The summed E-state index contributed by atoms with van der Waals surface area (Å²) >= 11 is 16.8. The molecule has 0 spiro atoms. The second-order valence-electron chi connectivity index (χ2n) is 3.48. The normalized spacial score (nSPS) is 14.0. The molecule has 0 saturated carbocycles. The first-order valence-electron chi connectivity index (χ1n) is 4.78. The Bertz CT molecular complexity index is 525. The zero-order valence-electron chi connectivity index (χ0n) is 9.23. The van der Waals surface area contributed by atoms with Gasteiger partial charge in [-0.25, -0.2) is 8.42 Å². The number of nitrogens with one attached hydrogen (secondary N) is 1.